The smallest absolute Gasteiger partial charge is 0.291 e. The summed E-state index contributed by atoms with van der Waals surface area (Å²) in [6, 6.07) is 14.5. The third-order valence-electron chi connectivity index (χ3n) is 19.7. The van der Waals surface area contributed by atoms with E-state index in [-0.39, 0.29) is 96.0 Å². The molecule has 40 nitrogen and oxygen atoms in total. The maximum Gasteiger partial charge on any atom is 0.291 e. The van der Waals surface area contributed by atoms with Gasteiger partial charge in [0.25, 0.3) is 36.6 Å². The highest BCUT2D eigenvalue weighted by Crippen LogP contribution is 2.42. The van der Waals surface area contributed by atoms with Gasteiger partial charge < -0.3 is 68.1 Å². The van der Waals surface area contributed by atoms with E-state index in [1.54, 1.807) is 123 Å². The van der Waals surface area contributed by atoms with Gasteiger partial charge in [-0.15, -0.1) is 45.3 Å². The molecule has 0 atom stereocenters. The molecule has 2 aliphatic carbocycles. The van der Waals surface area contributed by atoms with Gasteiger partial charge in [-0.25, -0.2) is 19.9 Å². The highest BCUT2D eigenvalue weighted by Gasteiger charge is 2.36. The lowest BCUT2D eigenvalue weighted by Crippen LogP contribution is -2.33. The largest absolute Gasteiger partial charge is 0.483 e. The number of aromatic amines is 4. The minimum absolute atomic E-state index is 0.212. The SMILES string of the molecule is CCOC1CC(n2cc(NC(=O)c3ccc(-c4cn[nH]c4)o3)c(-c3nccs3)n2)C1.CCOC1CC(n2cc(NC(=O)c3ccc(-c4cn[nH]c4)o3)c(-c3nccs3)n2)C1.O=C(Nc1cn(C2CCOCC2)nc1-c1nccs1)c1ccc(-c2cn[nH]c2)o1.O=C(Nc1cn(C2CCOCC2)nc1-c1nccs1)c1ccc(-c2cn[nH]c2)o1.O=CO.O=CO. The van der Waals surface area contributed by atoms with Crippen LogP contribution in [0.4, 0.5) is 22.7 Å². The van der Waals surface area contributed by atoms with Crippen LogP contribution in [-0.4, -0.2) is 198 Å². The summed E-state index contributed by atoms with van der Waals surface area (Å²) in [5, 5.41) is 81.4. The molecular formula is C80H80N24O16S4. The molecule has 2 saturated carbocycles. The second kappa shape index (κ2) is 41.0. The highest BCUT2D eigenvalue weighted by molar-refractivity contribution is 7.14. The number of carbonyl (C=O) groups excluding carboxylic acids is 4. The predicted octanol–water partition coefficient (Wildman–Crippen LogP) is 14.6. The van der Waals surface area contributed by atoms with Crippen LogP contribution in [0.5, 0.6) is 0 Å². The summed E-state index contributed by atoms with van der Waals surface area (Å²) >= 11 is 5.91. The van der Waals surface area contributed by atoms with Crippen LogP contribution in [0.3, 0.4) is 0 Å². The topological polar surface area (TPSA) is 518 Å². The molecule has 18 heterocycles. The fraction of sp³-hybridized carbons (Fsp3) is 0.275. The van der Waals surface area contributed by atoms with E-state index < -0.39 is 0 Å². The number of H-pyrrole nitrogens is 4. The van der Waals surface area contributed by atoms with Crippen LogP contribution >= 0.6 is 45.3 Å². The van der Waals surface area contributed by atoms with Gasteiger partial charge in [-0.2, -0.15) is 40.8 Å². The molecule has 0 unspecified atom stereocenters. The molecule has 20 rings (SSSR count). The lowest BCUT2D eigenvalue weighted by molar-refractivity contribution is -0.123. The van der Waals surface area contributed by atoms with Gasteiger partial charge in [-0.1, -0.05) is 0 Å². The van der Waals surface area contributed by atoms with Gasteiger partial charge in [-0.3, -0.25) is 67.9 Å². The Morgan fingerprint density at radius 3 is 0.879 bits per heavy atom. The summed E-state index contributed by atoms with van der Waals surface area (Å²) in [6.45, 7) is 7.77. The lowest BCUT2D eigenvalue weighted by Gasteiger charge is -2.34. The van der Waals surface area contributed by atoms with Crippen LogP contribution in [0.25, 0.3) is 88.1 Å². The van der Waals surface area contributed by atoms with Crippen molar-refractivity contribution in [3.8, 4) is 88.1 Å². The number of rotatable bonds is 24. The van der Waals surface area contributed by atoms with Gasteiger partial charge >= 0.3 is 0 Å². The molecule has 44 heteroatoms. The molecule has 16 aromatic heterocycles. The van der Waals surface area contributed by atoms with Crippen molar-refractivity contribution in [1.82, 2.24) is 99.8 Å². The maximum atomic E-state index is 12.8. The average Bonchev–Trinajstić information content (AvgIpc) is 1.65. The van der Waals surface area contributed by atoms with E-state index in [0.29, 0.717) is 108 Å². The van der Waals surface area contributed by atoms with Crippen molar-refractivity contribution in [1.29, 1.82) is 0 Å². The van der Waals surface area contributed by atoms with Gasteiger partial charge in [0, 0.05) is 136 Å². The molecule has 16 aromatic rings. The number of aromatic nitrogens is 20. The molecule has 640 valence electrons. The van der Waals surface area contributed by atoms with E-state index in [0.717, 1.165) is 93.7 Å². The zero-order chi connectivity index (χ0) is 85.7. The summed E-state index contributed by atoms with van der Waals surface area (Å²) in [7, 11) is 0. The van der Waals surface area contributed by atoms with Crippen molar-refractivity contribution in [3.63, 3.8) is 0 Å². The Kier molecular flexibility index (Phi) is 28.1. The molecule has 0 radical (unpaired) electrons. The van der Waals surface area contributed by atoms with Gasteiger partial charge in [0.1, 0.15) is 65.8 Å². The summed E-state index contributed by atoms with van der Waals surface area (Å²) in [5.74, 6) is 1.76. The molecule has 4 fully saturated rings. The number of carbonyl (C=O) groups is 6. The molecule has 0 spiro atoms. The summed E-state index contributed by atoms with van der Waals surface area (Å²) < 4.78 is 52.6. The molecule has 2 aliphatic heterocycles. The number of thiazole rings is 4. The predicted molar refractivity (Wildman–Crippen MR) is 453 cm³/mol. The van der Waals surface area contributed by atoms with Crippen molar-refractivity contribution in [3.05, 3.63) is 192 Å². The molecule has 0 aromatic carbocycles. The van der Waals surface area contributed by atoms with Gasteiger partial charge in [0.15, 0.2) is 23.0 Å². The van der Waals surface area contributed by atoms with E-state index in [4.69, 9.17) is 76.8 Å². The highest BCUT2D eigenvalue weighted by atomic mass is 32.1. The van der Waals surface area contributed by atoms with Crippen LogP contribution in [0.1, 0.15) is 132 Å². The van der Waals surface area contributed by atoms with Gasteiger partial charge in [-0.05, 0) is 114 Å². The second-order valence-electron chi connectivity index (χ2n) is 27.6. The Morgan fingerprint density at radius 1 is 0.411 bits per heavy atom. The normalized spacial score (nSPS) is 16.0. The van der Waals surface area contributed by atoms with E-state index in [1.807, 2.05) is 78.9 Å². The van der Waals surface area contributed by atoms with Crippen LogP contribution in [0, 0.1) is 0 Å². The van der Waals surface area contributed by atoms with Crippen molar-refractivity contribution in [2.24, 2.45) is 0 Å². The Balaban J connectivity index is 0.000000125. The van der Waals surface area contributed by atoms with E-state index in [2.05, 4.69) is 82.0 Å². The molecule has 124 heavy (non-hydrogen) atoms. The number of nitrogens with zero attached hydrogens (tertiary/aromatic N) is 16. The monoisotopic (exact) mass is 1760 g/mol. The van der Waals surface area contributed by atoms with Crippen molar-refractivity contribution in [2.75, 3.05) is 60.9 Å². The Hall–Kier alpha value is -14.0. The number of anilines is 4. The van der Waals surface area contributed by atoms with Gasteiger partial charge in [0.2, 0.25) is 0 Å². The first-order valence-corrected chi connectivity index (χ1v) is 42.4. The number of nitrogens with one attached hydrogen (secondary N) is 8. The molecule has 4 aliphatic rings. The van der Waals surface area contributed by atoms with Gasteiger partial charge in [0.05, 0.1) is 106 Å². The van der Waals surface area contributed by atoms with Crippen molar-refractivity contribution in [2.45, 2.75) is 102 Å². The van der Waals surface area contributed by atoms with Crippen LogP contribution in [0.2, 0.25) is 0 Å². The fourth-order valence-electron chi connectivity index (χ4n) is 13.6. The quantitative estimate of drug-likeness (QED) is 0.0251. The number of furan rings is 4. The minimum Gasteiger partial charge on any atom is -0.483 e. The number of ether oxygens (including phenoxy) is 4. The third-order valence-corrected chi connectivity index (χ3v) is 22.9. The van der Waals surface area contributed by atoms with E-state index in [9.17, 15) is 19.2 Å². The molecular weight excluding hydrogens is 1680 g/mol. The van der Waals surface area contributed by atoms with E-state index >= 15 is 0 Å². The zero-order valence-corrected chi connectivity index (χ0v) is 69.3. The van der Waals surface area contributed by atoms with Crippen molar-refractivity contribution < 1.29 is 75.6 Å². The number of carboxylic acid groups (broad SMARTS) is 2. The standard InChI is InChI=1S/2C20H20N6O3S.2C19H18N6O3S.2CH2O2/c2*1-2-28-14-7-13(8-14)26-11-15(18(25-26)20-21-5-6-30-20)24-19(27)17-4-3-16(29-17)12-9-22-23-10-12;2*26-18(16-2-1-15(28-16)12-9-21-22-10-12)23-14-11-25(13-3-6-27-7-4-13)24-17(14)19-20-5-8-29-19;2*2-1-3/h2*3-6,9-11,13-14H,2,7-8H2,1H3,(H,22,23)(H,24,27);2*1-2,5,8-11,13H,3-4,6-7H2,(H,21,22)(H,23,26);2*1H,(H,2,3). The third kappa shape index (κ3) is 20.8. The Labute approximate surface area is 718 Å². The summed E-state index contributed by atoms with van der Waals surface area (Å²) in [4.78, 5) is 85.4. The molecule has 0 bridgehead atoms. The molecule has 10 N–H and O–H groups in total. The fourth-order valence-corrected chi connectivity index (χ4v) is 16.1. The second-order valence-corrected chi connectivity index (χ2v) is 31.1. The van der Waals surface area contributed by atoms with Crippen molar-refractivity contribution >= 4 is 105 Å². The first-order chi connectivity index (χ1) is 60.8. The first-order valence-electron chi connectivity index (χ1n) is 38.9. The van der Waals surface area contributed by atoms with Crippen LogP contribution < -0.4 is 21.3 Å². The molecule has 4 amide bonds. The maximum absolute atomic E-state index is 12.8. The summed E-state index contributed by atoms with van der Waals surface area (Å²) in [5.41, 5.74) is 8.16. The summed E-state index contributed by atoms with van der Waals surface area (Å²) in [6.07, 6.45) is 35.5. The minimum atomic E-state index is -0.345. The number of amides is 4. The average molecular weight is 1760 g/mol. The van der Waals surface area contributed by atoms with Crippen LogP contribution in [-0.2, 0) is 28.5 Å². The Bertz CT molecular complexity index is 5630. The van der Waals surface area contributed by atoms with Crippen LogP contribution in [0.15, 0.2) is 187 Å². The Morgan fingerprint density at radius 2 is 0.661 bits per heavy atom. The first kappa shape index (κ1) is 85.0. The lowest BCUT2D eigenvalue weighted by atomic mass is 9.89. The number of hydrogen-bond acceptors (Lipinski definition) is 30. The zero-order valence-electron chi connectivity index (χ0n) is 66.1. The number of hydrogen-bond donors (Lipinski definition) is 10. The van der Waals surface area contributed by atoms with E-state index in [1.165, 1.54) is 45.3 Å². The molecule has 2 saturated heterocycles.